The van der Waals surface area contributed by atoms with E-state index in [1.54, 1.807) is 24.3 Å². The monoisotopic (exact) mass is 261 g/mol. The summed E-state index contributed by atoms with van der Waals surface area (Å²) in [6.07, 6.45) is 1.48. The average molecular weight is 261 g/mol. The number of anilines is 1. The first-order valence-electron chi connectivity index (χ1n) is 5.49. The van der Waals surface area contributed by atoms with E-state index in [4.69, 9.17) is 5.73 Å². The summed E-state index contributed by atoms with van der Waals surface area (Å²) in [5, 5.41) is 12.3. The summed E-state index contributed by atoms with van der Waals surface area (Å²) in [4.78, 5) is 21.5. The van der Waals surface area contributed by atoms with Gasteiger partial charge >= 0.3 is 0 Å². The quantitative estimate of drug-likeness (QED) is 0.417. The lowest BCUT2D eigenvalue weighted by molar-refractivity contribution is -0.117. The Kier molecular flexibility index (Phi) is 5.21. The van der Waals surface area contributed by atoms with Gasteiger partial charge in [-0.2, -0.15) is 5.10 Å². The highest BCUT2D eigenvalue weighted by atomic mass is 16.2. The first-order valence-corrected chi connectivity index (χ1v) is 5.49. The van der Waals surface area contributed by atoms with Crippen LogP contribution in [0.1, 0.15) is 19.4 Å². The number of benzene rings is 1. The fourth-order valence-corrected chi connectivity index (χ4v) is 1.22. The number of nitrogens with two attached hydrogens (primary N) is 1. The van der Waals surface area contributed by atoms with Gasteiger partial charge < -0.3 is 11.1 Å². The van der Waals surface area contributed by atoms with Crippen molar-refractivity contribution in [1.82, 2.24) is 5.32 Å². The zero-order chi connectivity index (χ0) is 14.3. The maximum atomic E-state index is 10.8. The van der Waals surface area contributed by atoms with E-state index in [-0.39, 0.29) is 17.8 Å². The second kappa shape index (κ2) is 6.90. The number of carbonyl (C=O) groups excluding carboxylic acids is 2. The number of hydrogen-bond donors (Lipinski definition) is 3. The van der Waals surface area contributed by atoms with Gasteiger partial charge in [0.05, 0.1) is 6.21 Å². The molecular formula is C12H15N5O2. The third kappa shape index (κ3) is 5.97. The Morgan fingerprint density at radius 2 is 1.79 bits per heavy atom. The van der Waals surface area contributed by atoms with Crippen molar-refractivity contribution in [3.8, 4) is 0 Å². The van der Waals surface area contributed by atoms with Crippen LogP contribution in [0.2, 0.25) is 0 Å². The predicted octanol–water partition coefficient (Wildman–Crippen LogP) is 0.430. The molecule has 0 aliphatic rings. The minimum atomic E-state index is -0.309. The van der Waals surface area contributed by atoms with Crippen LogP contribution >= 0.6 is 0 Å². The molecule has 1 rings (SSSR count). The smallest absolute Gasteiger partial charge is 0.223 e. The van der Waals surface area contributed by atoms with Crippen LogP contribution in [0, 0.1) is 0 Å². The number of amides is 2. The Balaban J connectivity index is 2.62. The van der Waals surface area contributed by atoms with Crippen LogP contribution in [0.15, 0.2) is 34.5 Å². The second-order valence-corrected chi connectivity index (χ2v) is 3.71. The van der Waals surface area contributed by atoms with Crippen molar-refractivity contribution in [3.63, 3.8) is 0 Å². The minimum Gasteiger partial charge on any atom is -0.368 e. The Bertz CT molecular complexity index is 519. The van der Waals surface area contributed by atoms with Gasteiger partial charge in [-0.15, -0.1) is 5.10 Å². The van der Waals surface area contributed by atoms with Gasteiger partial charge in [0.1, 0.15) is 0 Å². The van der Waals surface area contributed by atoms with E-state index >= 15 is 0 Å². The van der Waals surface area contributed by atoms with Gasteiger partial charge in [-0.05, 0) is 17.7 Å². The fourth-order valence-electron chi connectivity index (χ4n) is 1.22. The van der Waals surface area contributed by atoms with Crippen LogP contribution in [0.3, 0.4) is 0 Å². The number of nitrogens with one attached hydrogen (secondary N) is 2. The molecule has 0 aromatic heterocycles. The van der Waals surface area contributed by atoms with E-state index in [9.17, 15) is 9.59 Å². The van der Waals surface area contributed by atoms with Crippen LogP contribution in [-0.2, 0) is 9.59 Å². The Morgan fingerprint density at radius 1 is 1.16 bits per heavy atom. The van der Waals surface area contributed by atoms with Crippen molar-refractivity contribution in [2.75, 3.05) is 5.32 Å². The molecule has 0 atom stereocenters. The second-order valence-electron chi connectivity index (χ2n) is 3.71. The normalized spacial score (nSPS) is 11.4. The number of carbonyl (C=O) groups is 2. The molecule has 1 aromatic rings. The van der Waals surface area contributed by atoms with Crippen molar-refractivity contribution < 1.29 is 9.59 Å². The van der Waals surface area contributed by atoms with E-state index in [0.29, 0.717) is 5.69 Å². The van der Waals surface area contributed by atoms with Crippen molar-refractivity contribution >= 4 is 29.7 Å². The topological polar surface area (TPSA) is 109 Å². The number of rotatable bonds is 3. The van der Waals surface area contributed by atoms with Gasteiger partial charge in [0, 0.05) is 19.5 Å². The summed E-state index contributed by atoms with van der Waals surface area (Å²) in [6.45, 7) is 2.77. The standard InChI is InChI=1S/C12H15N5O2/c1-8(18)15-11-5-3-10(4-6-11)7-14-17-12(13)16-9(2)19/h3-7H,1-2H3,(H,15,18)(H3,13,16,17,19). The van der Waals surface area contributed by atoms with Crippen LogP contribution in [0.4, 0.5) is 5.69 Å². The molecule has 7 nitrogen and oxygen atoms in total. The van der Waals surface area contributed by atoms with E-state index < -0.39 is 0 Å². The molecule has 100 valence electrons. The molecule has 0 heterocycles. The van der Waals surface area contributed by atoms with E-state index in [0.717, 1.165) is 5.56 Å². The summed E-state index contributed by atoms with van der Waals surface area (Å²) in [6, 6.07) is 7.01. The lowest BCUT2D eigenvalue weighted by Crippen LogP contribution is -2.34. The van der Waals surface area contributed by atoms with Gasteiger partial charge in [0.15, 0.2) is 0 Å². The molecule has 4 N–H and O–H groups in total. The van der Waals surface area contributed by atoms with Crippen LogP contribution < -0.4 is 16.4 Å². The summed E-state index contributed by atoms with van der Waals surface area (Å²) in [5.74, 6) is -0.510. The van der Waals surface area contributed by atoms with Crippen LogP contribution in [-0.4, -0.2) is 24.0 Å². The molecule has 0 fully saturated rings. The van der Waals surface area contributed by atoms with Gasteiger partial charge in [-0.25, -0.2) is 0 Å². The molecule has 2 amide bonds. The highest BCUT2D eigenvalue weighted by Gasteiger charge is 1.95. The van der Waals surface area contributed by atoms with Gasteiger partial charge in [0.25, 0.3) is 0 Å². The van der Waals surface area contributed by atoms with E-state index in [2.05, 4.69) is 20.8 Å². The van der Waals surface area contributed by atoms with E-state index in [1.807, 2.05) is 0 Å². The zero-order valence-corrected chi connectivity index (χ0v) is 10.7. The first-order chi connectivity index (χ1) is 8.97. The lowest BCUT2D eigenvalue weighted by atomic mass is 10.2. The zero-order valence-electron chi connectivity index (χ0n) is 10.7. The molecule has 1 aromatic carbocycles. The molecule has 0 spiro atoms. The molecule has 0 bridgehead atoms. The minimum absolute atomic E-state index is 0.0707. The van der Waals surface area contributed by atoms with Crippen molar-refractivity contribution in [3.05, 3.63) is 29.8 Å². The summed E-state index contributed by atoms with van der Waals surface area (Å²) >= 11 is 0. The molecule has 19 heavy (non-hydrogen) atoms. The maximum Gasteiger partial charge on any atom is 0.223 e. The molecular weight excluding hydrogens is 246 g/mol. The molecule has 0 saturated heterocycles. The molecule has 0 aliphatic carbocycles. The van der Waals surface area contributed by atoms with Gasteiger partial charge in [-0.3, -0.25) is 14.9 Å². The van der Waals surface area contributed by atoms with Gasteiger partial charge in [-0.1, -0.05) is 12.1 Å². The number of nitrogens with zero attached hydrogens (tertiary/aromatic N) is 2. The fraction of sp³-hybridized carbons (Fsp3) is 0.167. The van der Waals surface area contributed by atoms with E-state index in [1.165, 1.54) is 20.1 Å². The van der Waals surface area contributed by atoms with Crippen molar-refractivity contribution in [1.29, 1.82) is 0 Å². The Labute approximate surface area is 110 Å². The van der Waals surface area contributed by atoms with Crippen molar-refractivity contribution in [2.24, 2.45) is 15.9 Å². The molecule has 0 radical (unpaired) electrons. The first kappa shape index (κ1) is 14.4. The van der Waals surface area contributed by atoms with Crippen LogP contribution in [0.25, 0.3) is 0 Å². The molecule has 0 saturated carbocycles. The summed E-state index contributed by atoms with van der Waals surface area (Å²) in [7, 11) is 0. The highest BCUT2D eigenvalue weighted by molar-refractivity contribution is 5.95. The number of guanidine groups is 1. The molecule has 7 heteroatoms. The summed E-state index contributed by atoms with van der Waals surface area (Å²) < 4.78 is 0. The SMILES string of the molecule is CC(=O)NC(N)=NN=Cc1ccc(NC(C)=O)cc1. The highest BCUT2D eigenvalue weighted by Crippen LogP contribution is 2.07. The Hall–Kier alpha value is -2.70. The number of hydrogen-bond acceptors (Lipinski definition) is 4. The third-order valence-electron chi connectivity index (χ3n) is 1.91. The lowest BCUT2D eigenvalue weighted by Gasteiger charge is -2.01. The molecule has 0 unspecified atom stereocenters. The average Bonchev–Trinajstić information content (AvgIpc) is 2.29. The molecule has 0 aliphatic heterocycles. The van der Waals surface area contributed by atoms with Gasteiger partial charge in [0.2, 0.25) is 17.8 Å². The van der Waals surface area contributed by atoms with Crippen molar-refractivity contribution in [2.45, 2.75) is 13.8 Å². The summed E-state index contributed by atoms with van der Waals surface area (Å²) in [5.41, 5.74) is 6.86. The third-order valence-corrected chi connectivity index (χ3v) is 1.91. The Morgan fingerprint density at radius 3 is 2.32 bits per heavy atom. The largest absolute Gasteiger partial charge is 0.368 e. The predicted molar refractivity (Wildman–Crippen MR) is 73.8 cm³/mol. The maximum absolute atomic E-state index is 10.8. The van der Waals surface area contributed by atoms with Crippen LogP contribution in [0.5, 0.6) is 0 Å².